The molecule has 0 radical (unpaired) electrons. The van der Waals surface area contributed by atoms with Crippen LogP contribution in [-0.4, -0.2) is 39.0 Å². The molecule has 0 aliphatic carbocycles. The fraction of sp³-hybridized carbons (Fsp3) is 0.235. The number of hydrogen-bond acceptors (Lipinski definition) is 8. The van der Waals surface area contributed by atoms with Gasteiger partial charge in [-0.05, 0) is 23.9 Å². The van der Waals surface area contributed by atoms with Crippen LogP contribution >= 0.6 is 34.3 Å². The Labute approximate surface area is 179 Å². The summed E-state index contributed by atoms with van der Waals surface area (Å²) in [7, 11) is 1.58. The Morgan fingerprint density at radius 3 is 2.76 bits per heavy atom. The Bertz CT molecular complexity index is 1010. The number of thiazole rings is 1. The van der Waals surface area contributed by atoms with Gasteiger partial charge in [0, 0.05) is 31.4 Å². The topological polar surface area (TPSA) is 109 Å². The maximum absolute atomic E-state index is 12.2. The van der Waals surface area contributed by atoms with E-state index < -0.39 is 6.09 Å². The molecule has 0 saturated carbocycles. The number of halogens is 1. The summed E-state index contributed by atoms with van der Waals surface area (Å²) in [5.41, 5.74) is 2.06. The molecule has 29 heavy (non-hydrogen) atoms. The Morgan fingerprint density at radius 2 is 2.03 bits per heavy atom. The lowest BCUT2D eigenvalue weighted by Gasteiger charge is -2.15. The van der Waals surface area contributed by atoms with Crippen molar-refractivity contribution in [1.29, 1.82) is 0 Å². The SMILES string of the molecule is Cc1nccnc1OC(=O)N(C)Cc1csc(NC(=O)NCc2csc(Cl)c2)n1. The molecule has 0 spiro atoms. The van der Waals surface area contributed by atoms with Crippen LogP contribution in [0.25, 0.3) is 0 Å². The third kappa shape index (κ3) is 6.11. The number of carbonyl (C=O) groups is 2. The van der Waals surface area contributed by atoms with Crippen LogP contribution < -0.4 is 15.4 Å². The molecule has 0 aliphatic heterocycles. The van der Waals surface area contributed by atoms with E-state index >= 15 is 0 Å². The summed E-state index contributed by atoms with van der Waals surface area (Å²) in [4.78, 5) is 37.8. The molecule has 0 bridgehead atoms. The number of aryl methyl sites for hydroxylation is 1. The molecule has 3 aromatic rings. The van der Waals surface area contributed by atoms with Gasteiger partial charge in [0.1, 0.15) is 0 Å². The molecule has 3 rings (SSSR count). The molecule has 2 N–H and O–H groups in total. The lowest BCUT2D eigenvalue weighted by Crippen LogP contribution is -2.30. The van der Waals surface area contributed by atoms with Crippen molar-refractivity contribution in [3.8, 4) is 5.88 Å². The molecule has 0 saturated heterocycles. The van der Waals surface area contributed by atoms with Gasteiger partial charge in [-0.2, -0.15) is 0 Å². The van der Waals surface area contributed by atoms with Gasteiger partial charge in [-0.1, -0.05) is 11.6 Å². The smallest absolute Gasteiger partial charge is 0.389 e. The second-order valence-corrected chi connectivity index (χ2v) is 8.28. The maximum atomic E-state index is 12.2. The van der Waals surface area contributed by atoms with E-state index in [1.165, 1.54) is 40.0 Å². The van der Waals surface area contributed by atoms with Crippen LogP contribution in [0.5, 0.6) is 5.88 Å². The number of hydrogen-bond donors (Lipinski definition) is 2. The van der Waals surface area contributed by atoms with Crippen molar-refractivity contribution in [3.05, 3.63) is 50.5 Å². The van der Waals surface area contributed by atoms with Gasteiger partial charge in [0.15, 0.2) is 5.13 Å². The van der Waals surface area contributed by atoms with Gasteiger partial charge in [0.2, 0.25) is 5.88 Å². The summed E-state index contributed by atoms with van der Waals surface area (Å²) < 4.78 is 5.90. The van der Waals surface area contributed by atoms with E-state index in [0.29, 0.717) is 27.4 Å². The summed E-state index contributed by atoms with van der Waals surface area (Å²) in [6.07, 6.45) is 2.39. The first-order valence-electron chi connectivity index (χ1n) is 8.33. The predicted molar refractivity (Wildman–Crippen MR) is 112 cm³/mol. The Hall–Kier alpha value is -2.76. The van der Waals surface area contributed by atoms with E-state index in [2.05, 4.69) is 25.6 Å². The van der Waals surface area contributed by atoms with E-state index in [0.717, 1.165) is 5.56 Å². The second-order valence-electron chi connectivity index (χ2n) is 5.88. The number of aromatic nitrogens is 3. The first kappa shape index (κ1) is 21.0. The highest BCUT2D eigenvalue weighted by Crippen LogP contribution is 2.20. The molecule has 0 aromatic carbocycles. The van der Waals surface area contributed by atoms with Crippen LogP contribution in [0.2, 0.25) is 4.34 Å². The van der Waals surface area contributed by atoms with Gasteiger partial charge in [0.25, 0.3) is 0 Å². The number of nitrogens with zero attached hydrogens (tertiary/aromatic N) is 4. The zero-order valence-corrected chi connectivity index (χ0v) is 17.9. The lowest BCUT2D eigenvalue weighted by atomic mass is 10.3. The summed E-state index contributed by atoms with van der Waals surface area (Å²) >= 11 is 8.53. The molecular weight excluding hydrogens is 436 g/mol. The lowest BCUT2D eigenvalue weighted by molar-refractivity contribution is 0.158. The highest BCUT2D eigenvalue weighted by atomic mass is 35.5. The van der Waals surface area contributed by atoms with Crippen LogP contribution in [0.1, 0.15) is 17.0 Å². The van der Waals surface area contributed by atoms with Gasteiger partial charge in [0.05, 0.1) is 22.3 Å². The third-order valence-electron chi connectivity index (χ3n) is 3.58. The van der Waals surface area contributed by atoms with Crippen molar-refractivity contribution in [2.24, 2.45) is 0 Å². The molecule has 0 atom stereocenters. The zero-order chi connectivity index (χ0) is 20.8. The Kier molecular flexibility index (Phi) is 6.96. The third-order valence-corrected chi connectivity index (χ3v) is 5.52. The van der Waals surface area contributed by atoms with Crippen LogP contribution in [0.15, 0.2) is 29.2 Å². The predicted octanol–water partition coefficient (Wildman–Crippen LogP) is 3.91. The maximum Gasteiger partial charge on any atom is 0.416 e. The molecule has 0 unspecified atom stereocenters. The highest BCUT2D eigenvalue weighted by molar-refractivity contribution is 7.14. The Morgan fingerprint density at radius 1 is 1.24 bits per heavy atom. The standard InChI is InChI=1S/C17H17ClN6O3S2/c1-10-14(20-4-3-19-10)27-17(26)24(2)7-12-9-29-16(22-12)23-15(25)21-6-11-5-13(18)28-8-11/h3-5,8-9H,6-7H2,1-2H3,(H2,21,22,23,25). The van der Waals surface area contributed by atoms with Crippen LogP contribution in [-0.2, 0) is 13.1 Å². The normalized spacial score (nSPS) is 10.4. The minimum Gasteiger partial charge on any atom is -0.389 e. The van der Waals surface area contributed by atoms with Gasteiger partial charge in [-0.3, -0.25) is 10.3 Å². The van der Waals surface area contributed by atoms with Crippen LogP contribution in [0.4, 0.5) is 14.7 Å². The van der Waals surface area contributed by atoms with Crippen molar-refractivity contribution >= 4 is 51.5 Å². The first-order valence-corrected chi connectivity index (χ1v) is 10.5. The summed E-state index contributed by atoms with van der Waals surface area (Å²) in [5, 5.41) is 9.45. The number of anilines is 1. The van der Waals surface area contributed by atoms with Crippen molar-refractivity contribution < 1.29 is 14.3 Å². The number of urea groups is 1. The molecule has 3 heterocycles. The number of thiophene rings is 1. The van der Waals surface area contributed by atoms with E-state index in [1.807, 2.05) is 5.38 Å². The van der Waals surface area contributed by atoms with Crippen LogP contribution in [0, 0.1) is 6.92 Å². The second kappa shape index (κ2) is 9.63. The number of rotatable bonds is 6. The molecule has 0 fully saturated rings. The molecule has 3 amide bonds. The van der Waals surface area contributed by atoms with Gasteiger partial charge < -0.3 is 15.0 Å². The quantitative estimate of drug-likeness (QED) is 0.586. The minimum absolute atomic E-state index is 0.161. The molecule has 3 aromatic heterocycles. The van der Waals surface area contributed by atoms with Crippen molar-refractivity contribution in [2.45, 2.75) is 20.0 Å². The fourth-order valence-electron chi connectivity index (χ4n) is 2.16. The van der Waals surface area contributed by atoms with Crippen LogP contribution in [0.3, 0.4) is 0 Å². The molecule has 12 heteroatoms. The molecule has 152 valence electrons. The summed E-state index contributed by atoms with van der Waals surface area (Å²) in [5.74, 6) is 0.161. The monoisotopic (exact) mass is 452 g/mol. The van der Waals surface area contributed by atoms with Gasteiger partial charge in [-0.15, -0.1) is 22.7 Å². The first-order chi connectivity index (χ1) is 13.9. The summed E-state index contributed by atoms with van der Waals surface area (Å²) in [6.45, 7) is 2.28. The number of carbonyl (C=O) groups excluding carboxylic acids is 2. The van der Waals surface area contributed by atoms with Crippen molar-refractivity contribution in [2.75, 3.05) is 12.4 Å². The van der Waals surface area contributed by atoms with E-state index in [4.69, 9.17) is 16.3 Å². The summed E-state index contributed by atoms with van der Waals surface area (Å²) in [6, 6.07) is 1.42. The average Bonchev–Trinajstić information content (AvgIpc) is 3.30. The number of nitrogens with one attached hydrogen (secondary N) is 2. The molecule has 0 aliphatic rings. The Balaban J connectivity index is 1.48. The van der Waals surface area contributed by atoms with Gasteiger partial charge in [-0.25, -0.2) is 19.6 Å². The number of amides is 3. The fourth-order valence-corrected chi connectivity index (χ4v) is 3.77. The largest absolute Gasteiger partial charge is 0.416 e. The van der Waals surface area contributed by atoms with E-state index in [1.54, 1.807) is 25.4 Å². The molecular formula is C17H17ClN6O3S2. The van der Waals surface area contributed by atoms with Gasteiger partial charge >= 0.3 is 12.1 Å². The molecule has 9 nitrogen and oxygen atoms in total. The van der Waals surface area contributed by atoms with E-state index in [-0.39, 0.29) is 18.5 Å². The van der Waals surface area contributed by atoms with E-state index in [9.17, 15) is 9.59 Å². The van der Waals surface area contributed by atoms with Crippen molar-refractivity contribution in [3.63, 3.8) is 0 Å². The zero-order valence-electron chi connectivity index (χ0n) is 15.5. The van der Waals surface area contributed by atoms with Crippen molar-refractivity contribution in [1.82, 2.24) is 25.2 Å². The highest BCUT2D eigenvalue weighted by Gasteiger charge is 2.16. The number of ether oxygens (including phenoxy) is 1. The average molecular weight is 453 g/mol. The minimum atomic E-state index is -0.580.